The van der Waals surface area contributed by atoms with Gasteiger partial charge in [-0.2, -0.15) is 0 Å². The van der Waals surface area contributed by atoms with Gasteiger partial charge in [0.25, 0.3) is 0 Å². The van der Waals surface area contributed by atoms with E-state index in [1.54, 1.807) is 0 Å². The van der Waals surface area contributed by atoms with E-state index in [-0.39, 0.29) is 0 Å². The molecule has 0 radical (unpaired) electrons. The highest BCUT2D eigenvalue weighted by Gasteiger charge is 2.30. The molecule has 1 aliphatic rings. The van der Waals surface area contributed by atoms with E-state index in [0.717, 1.165) is 21.7 Å². The second-order valence-electron chi connectivity index (χ2n) is 4.28. The third kappa shape index (κ3) is 2.12. The fourth-order valence-electron chi connectivity index (χ4n) is 1.99. The van der Waals surface area contributed by atoms with Gasteiger partial charge in [-0.3, -0.25) is 0 Å². The Balaban J connectivity index is 2.17. The van der Waals surface area contributed by atoms with Crippen LogP contribution in [0.1, 0.15) is 24.7 Å². The highest BCUT2D eigenvalue weighted by molar-refractivity contribution is 9.10. The van der Waals surface area contributed by atoms with E-state index in [1.165, 1.54) is 12.8 Å². The molecule has 0 unspecified atom stereocenters. The van der Waals surface area contributed by atoms with Gasteiger partial charge in [-0.1, -0.05) is 33.6 Å². The molecule has 2 aromatic rings. The molecule has 0 N–H and O–H groups in total. The number of aromatic nitrogens is 3. The van der Waals surface area contributed by atoms with Crippen molar-refractivity contribution in [2.75, 3.05) is 0 Å². The Bertz CT molecular complexity index is 593. The van der Waals surface area contributed by atoms with Crippen molar-refractivity contribution in [3.05, 3.63) is 33.5 Å². The van der Waals surface area contributed by atoms with Crippen molar-refractivity contribution in [2.24, 2.45) is 0 Å². The lowest BCUT2D eigenvalue weighted by Gasteiger charge is -2.09. The van der Waals surface area contributed by atoms with Gasteiger partial charge >= 0.3 is 0 Å². The molecule has 0 spiro atoms. The monoisotopic (exact) mass is 389 g/mol. The minimum atomic E-state index is 0.526. The Labute approximate surface area is 127 Å². The zero-order valence-corrected chi connectivity index (χ0v) is 13.3. The molecular weight excluding hydrogens is 381 g/mol. The summed E-state index contributed by atoms with van der Waals surface area (Å²) in [5.41, 5.74) is 0.928. The quantitative estimate of drug-likeness (QED) is 0.717. The second kappa shape index (κ2) is 4.94. The smallest absolute Gasteiger partial charge is 0.165 e. The summed E-state index contributed by atoms with van der Waals surface area (Å²) in [6, 6.07) is 6.39. The van der Waals surface area contributed by atoms with Crippen molar-refractivity contribution in [3.8, 4) is 11.4 Å². The summed E-state index contributed by atoms with van der Waals surface area (Å²) in [5, 5.41) is 9.93. The second-order valence-corrected chi connectivity index (χ2v) is 6.07. The number of rotatable bonds is 3. The van der Waals surface area contributed by atoms with Gasteiger partial charge in [0.05, 0.1) is 10.4 Å². The predicted octanol–water partition coefficient (Wildman–Crippen LogP) is 4.59. The molecule has 1 aliphatic carbocycles. The molecule has 0 amide bonds. The van der Waals surface area contributed by atoms with Gasteiger partial charge in [0.1, 0.15) is 5.82 Å². The Kier molecular flexibility index (Phi) is 3.47. The number of halogens is 3. The highest BCUT2D eigenvalue weighted by atomic mass is 79.9. The van der Waals surface area contributed by atoms with Crippen molar-refractivity contribution < 1.29 is 0 Å². The molecule has 1 saturated carbocycles. The summed E-state index contributed by atoms with van der Waals surface area (Å²) < 4.78 is 3.08. The average Bonchev–Trinajstić information content (AvgIpc) is 3.12. The van der Waals surface area contributed by atoms with Crippen LogP contribution < -0.4 is 0 Å². The molecule has 1 heterocycles. The first-order valence-corrected chi connectivity index (χ1v) is 7.95. The highest BCUT2D eigenvalue weighted by Crippen LogP contribution is 2.41. The van der Waals surface area contributed by atoms with Gasteiger partial charge in [-0.05, 0) is 40.9 Å². The van der Waals surface area contributed by atoms with Crippen LogP contribution in [0.5, 0.6) is 0 Å². The SMILES string of the molecule is Clc1c(Br)cccc1-c1nnc(CBr)n1C1CC1. The molecule has 0 aliphatic heterocycles. The van der Waals surface area contributed by atoms with E-state index in [0.29, 0.717) is 16.4 Å². The summed E-state index contributed by atoms with van der Waals surface area (Å²) in [6.07, 6.45) is 2.38. The molecule has 0 saturated heterocycles. The molecule has 1 fully saturated rings. The van der Waals surface area contributed by atoms with Crippen LogP contribution in [0.15, 0.2) is 22.7 Å². The molecule has 3 nitrogen and oxygen atoms in total. The number of nitrogens with zero attached hydrogens (tertiary/aromatic N) is 3. The van der Waals surface area contributed by atoms with E-state index < -0.39 is 0 Å². The lowest BCUT2D eigenvalue weighted by molar-refractivity contribution is 0.714. The van der Waals surface area contributed by atoms with Crippen LogP contribution in [0.4, 0.5) is 0 Å². The van der Waals surface area contributed by atoms with Crippen LogP contribution in [-0.4, -0.2) is 14.8 Å². The largest absolute Gasteiger partial charge is 0.307 e. The minimum absolute atomic E-state index is 0.526. The predicted molar refractivity (Wildman–Crippen MR) is 79.1 cm³/mol. The molecule has 1 aromatic heterocycles. The van der Waals surface area contributed by atoms with Crippen molar-refractivity contribution in [1.29, 1.82) is 0 Å². The number of hydrogen-bond acceptors (Lipinski definition) is 2. The summed E-state index contributed by atoms with van der Waals surface area (Å²) >= 11 is 13.2. The van der Waals surface area contributed by atoms with Crippen LogP contribution in [0.25, 0.3) is 11.4 Å². The van der Waals surface area contributed by atoms with E-state index in [1.807, 2.05) is 18.2 Å². The van der Waals surface area contributed by atoms with Crippen LogP contribution in [0.2, 0.25) is 5.02 Å². The fourth-order valence-corrected chi connectivity index (χ4v) is 2.95. The van der Waals surface area contributed by atoms with Crippen molar-refractivity contribution in [1.82, 2.24) is 14.8 Å². The van der Waals surface area contributed by atoms with Crippen LogP contribution >= 0.6 is 43.5 Å². The van der Waals surface area contributed by atoms with Crippen LogP contribution in [0, 0.1) is 0 Å². The minimum Gasteiger partial charge on any atom is -0.307 e. The third-order valence-electron chi connectivity index (χ3n) is 2.99. The fraction of sp³-hybridized carbons (Fsp3) is 0.333. The standard InChI is InChI=1S/C12H10Br2ClN3/c13-6-10-16-17-12(18(10)7-4-5-7)8-2-1-3-9(14)11(8)15/h1-3,7H,4-6H2. The number of hydrogen-bond donors (Lipinski definition) is 0. The molecule has 0 atom stereocenters. The maximum atomic E-state index is 6.34. The first-order valence-electron chi connectivity index (χ1n) is 5.66. The molecule has 6 heteroatoms. The van der Waals surface area contributed by atoms with Gasteiger partial charge < -0.3 is 4.57 Å². The van der Waals surface area contributed by atoms with Gasteiger partial charge in [-0.25, -0.2) is 0 Å². The van der Waals surface area contributed by atoms with E-state index in [9.17, 15) is 0 Å². The van der Waals surface area contributed by atoms with Gasteiger partial charge in [0, 0.05) is 16.1 Å². The molecule has 0 bridgehead atoms. The Morgan fingerprint density at radius 3 is 2.78 bits per heavy atom. The van der Waals surface area contributed by atoms with E-state index >= 15 is 0 Å². The van der Waals surface area contributed by atoms with E-state index in [4.69, 9.17) is 11.6 Å². The zero-order chi connectivity index (χ0) is 12.7. The Morgan fingerprint density at radius 2 is 2.11 bits per heavy atom. The summed E-state index contributed by atoms with van der Waals surface area (Å²) in [4.78, 5) is 0. The number of benzene rings is 1. The number of alkyl halides is 1. The summed E-state index contributed by atoms with van der Waals surface area (Å²) in [7, 11) is 0. The topological polar surface area (TPSA) is 30.7 Å². The Hall–Kier alpha value is -0.390. The lowest BCUT2D eigenvalue weighted by atomic mass is 10.2. The van der Waals surface area contributed by atoms with E-state index in [2.05, 4.69) is 46.6 Å². The Morgan fingerprint density at radius 1 is 1.33 bits per heavy atom. The summed E-state index contributed by atoms with van der Waals surface area (Å²) in [5.74, 6) is 1.82. The normalized spacial score (nSPS) is 15.1. The zero-order valence-electron chi connectivity index (χ0n) is 9.41. The maximum Gasteiger partial charge on any atom is 0.165 e. The summed E-state index contributed by atoms with van der Waals surface area (Å²) in [6.45, 7) is 0. The van der Waals surface area contributed by atoms with Crippen molar-refractivity contribution >= 4 is 43.5 Å². The molecule has 1 aromatic carbocycles. The maximum absolute atomic E-state index is 6.34. The molecule has 18 heavy (non-hydrogen) atoms. The first-order chi connectivity index (χ1) is 8.72. The lowest BCUT2D eigenvalue weighted by Crippen LogP contribution is -2.02. The molecule has 3 rings (SSSR count). The van der Waals surface area contributed by atoms with Crippen molar-refractivity contribution in [2.45, 2.75) is 24.2 Å². The van der Waals surface area contributed by atoms with Gasteiger partial charge in [-0.15, -0.1) is 10.2 Å². The van der Waals surface area contributed by atoms with Gasteiger partial charge in [0.15, 0.2) is 5.82 Å². The molecular formula is C12H10Br2ClN3. The average molecular weight is 391 g/mol. The van der Waals surface area contributed by atoms with Crippen LogP contribution in [0.3, 0.4) is 0 Å². The first kappa shape index (κ1) is 12.6. The van der Waals surface area contributed by atoms with Crippen molar-refractivity contribution in [3.63, 3.8) is 0 Å². The van der Waals surface area contributed by atoms with Crippen LogP contribution in [-0.2, 0) is 5.33 Å². The molecule has 94 valence electrons. The third-order valence-corrected chi connectivity index (χ3v) is 4.79. The van der Waals surface area contributed by atoms with Gasteiger partial charge in [0.2, 0.25) is 0 Å².